The molecule has 1 aromatic heterocycles. The maximum absolute atomic E-state index is 12.5. The molecule has 0 bridgehead atoms. The number of nitrogens with one attached hydrogen (secondary N) is 1. The lowest BCUT2D eigenvalue weighted by Gasteiger charge is -2.14. The zero-order chi connectivity index (χ0) is 21.1. The molecule has 0 aliphatic carbocycles. The number of methoxy groups -OCH3 is 4. The van der Waals surface area contributed by atoms with Crippen molar-refractivity contribution < 1.29 is 28.5 Å². The van der Waals surface area contributed by atoms with Crippen LogP contribution in [0, 0.1) is 0 Å². The molecule has 2 aromatic carbocycles. The van der Waals surface area contributed by atoms with Crippen molar-refractivity contribution in [1.82, 2.24) is 4.98 Å². The Hall–Kier alpha value is -3.35. The highest BCUT2D eigenvalue weighted by Gasteiger charge is 2.23. The Morgan fingerprint density at radius 1 is 0.862 bits per heavy atom. The molecule has 0 spiro atoms. The third kappa shape index (κ3) is 3.81. The standard InChI is InChI=1S/C22H25NO6/c1-12(2)29-19-11-15-14(10-18(19)27-5)20(21(23-15)22(24)28-6)13-7-8-16(25-3)17(9-13)26-4/h7-12,23H,1-6H3. The summed E-state index contributed by atoms with van der Waals surface area (Å²) in [4.78, 5) is 15.7. The molecule has 0 amide bonds. The fourth-order valence-corrected chi connectivity index (χ4v) is 3.25. The second-order valence-electron chi connectivity index (χ2n) is 6.65. The normalized spacial score (nSPS) is 10.9. The molecule has 7 nitrogen and oxygen atoms in total. The molecule has 0 unspecified atom stereocenters. The topological polar surface area (TPSA) is 79.0 Å². The van der Waals surface area contributed by atoms with Gasteiger partial charge >= 0.3 is 5.97 Å². The molecule has 154 valence electrons. The number of hydrogen-bond acceptors (Lipinski definition) is 6. The lowest BCUT2D eigenvalue weighted by atomic mass is 10.0. The molecule has 0 radical (unpaired) electrons. The van der Waals surface area contributed by atoms with Gasteiger partial charge in [-0.15, -0.1) is 0 Å². The Morgan fingerprint density at radius 2 is 1.52 bits per heavy atom. The predicted molar refractivity (Wildman–Crippen MR) is 110 cm³/mol. The zero-order valence-corrected chi connectivity index (χ0v) is 17.4. The quantitative estimate of drug-likeness (QED) is 0.592. The number of benzene rings is 2. The van der Waals surface area contributed by atoms with Crippen LogP contribution < -0.4 is 18.9 Å². The average Bonchev–Trinajstić information content (AvgIpc) is 3.09. The predicted octanol–water partition coefficient (Wildman–Crippen LogP) is 4.43. The van der Waals surface area contributed by atoms with Crippen molar-refractivity contribution in [3.63, 3.8) is 0 Å². The molecule has 0 atom stereocenters. The zero-order valence-electron chi connectivity index (χ0n) is 17.4. The molecule has 29 heavy (non-hydrogen) atoms. The van der Waals surface area contributed by atoms with Crippen molar-refractivity contribution in [2.24, 2.45) is 0 Å². The monoisotopic (exact) mass is 399 g/mol. The van der Waals surface area contributed by atoms with Gasteiger partial charge in [0, 0.05) is 17.0 Å². The van der Waals surface area contributed by atoms with Gasteiger partial charge in [-0.1, -0.05) is 6.07 Å². The average molecular weight is 399 g/mol. The highest BCUT2D eigenvalue weighted by molar-refractivity contribution is 6.09. The maximum Gasteiger partial charge on any atom is 0.355 e. The van der Waals surface area contributed by atoms with Crippen LogP contribution >= 0.6 is 0 Å². The van der Waals surface area contributed by atoms with Crippen LogP contribution in [0.25, 0.3) is 22.0 Å². The summed E-state index contributed by atoms with van der Waals surface area (Å²) in [6.07, 6.45) is -0.0262. The summed E-state index contributed by atoms with van der Waals surface area (Å²) in [5.41, 5.74) is 2.51. The molecule has 0 aliphatic rings. The minimum Gasteiger partial charge on any atom is -0.493 e. The number of rotatable bonds is 7. The van der Waals surface area contributed by atoms with E-state index in [0.717, 1.165) is 16.5 Å². The number of carbonyl (C=O) groups is 1. The van der Waals surface area contributed by atoms with Gasteiger partial charge in [-0.3, -0.25) is 0 Å². The van der Waals surface area contributed by atoms with Gasteiger partial charge in [-0.25, -0.2) is 4.79 Å². The summed E-state index contributed by atoms with van der Waals surface area (Å²) >= 11 is 0. The Bertz CT molecular complexity index is 1040. The molecule has 7 heteroatoms. The van der Waals surface area contributed by atoms with E-state index in [-0.39, 0.29) is 6.10 Å². The van der Waals surface area contributed by atoms with Crippen LogP contribution in [0.1, 0.15) is 24.3 Å². The number of hydrogen-bond donors (Lipinski definition) is 1. The highest BCUT2D eigenvalue weighted by Crippen LogP contribution is 2.41. The van der Waals surface area contributed by atoms with E-state index in [1.165, 1.54) is 7.11 Å². The van der Waals surface area contributed by atoms with Crippen molar-refractivity contribution in [2.75, 3.05) is 28.4 Å². The van der Waals surface area contributed by atoms with E-state index in [2.05, 4.69) is 4.98 Å². The minimum absolute atomic E-state index is 0.0262. The highest BCUT2D eigenvalue weighted by atomic mass is 16.5. The van der Waals surface area contributed by atoms with Gasteiger partial charge < -0.3 is 28.7 Å². The second kappa shape index (κ2) is 8.34. The fourth-order valence-electron chi connectivity index (χ4n) is 3.25. The first-order valence-electron chi connectivity index (χ1n) is 9.14. The summed E-state index contributed by atoms with van der Waals surface area (Å²) in [7, 11) is 6.07. The molecule has 3 aromatic rings. The number of H-pyrrole nitrogens is 1. The molecule has 0 saturated heterocycles. The van der Waals surface area contributed by atoms with Gasteiger partial charge in [0.2, 0.25) is 0 Å². The molecule has 1 N–H and O–H groups in total. The van der Waals surface area contributed by atoms with Crippen molar-refractivity contribution in [1.29, 1.82) is 0 Å². The first kappa shape index (κ1) is 20.4. The number of ether oxygens (including phenoxy) is 5. The van der Waals surface area contributed by atoms with E-state index < -0.39 is 5.97 Å². The summed E-state index contributed by atoms with van der Waals surface area (Å²) in [6, 6.07) is 9.15. The lowest BCUT2D eigenvalue weighted by Crippen LogP contribution is -2.06. The van der Waals surface area contributed by atoms with Gasteiger partial charge in [-0.2, -0.15) is 0 Å². The number of aromatic nitrogens is 1. The third-order valence-electron chi connectivity index (χ3n) is 4.51. The van der Waals surface area contributed by atoms with Crippen LogP contribution in [0.2, 0.25) is 0 Å². The summed E-state index contributed by atoms with van der Waals surface area (Å²) in [5.74, 6) is 1.84. The van der Waals surface area contributed by atoms with E-state index in [0.29, 0.717) is 34.3 Å². The van der Waals surface area contributed by atoms with E-state index in [9.17, 15) is 4.79 Å². The number of carbonyl (C=O) groups excluding carboxylic acids is 1. The molecule has 0 fully saturated rings. The van der Waals surface area contributed by atoms with Crippen LogP contribution in [0.15, 0.2) is 30.3 Å². The fraction of sp³-hybridized carbons (Fsp3) is 0.318. The van der Waals surface area contributed by atoms with Gasteiger partial charge in [0.1, 0.15) is 5.69 Å². The number of esters is 1. The van der Waals surface area contributed by atoms with Crippen LogP contribution in [0.4, 0.5) is 0 Å². The molecular weight excluding hydrogens is 374 g/mol. The van der Waals surface area contributed by atoms with Crippen LogP contribution in [-0.4, -0.2) is 45.5 Å². The molecular formula is C22H25NO6. The molecule has 3 rings (SSSR count). The van der Waals surface area contributed by atoms with Gasteiger partial charge in [-0.05, 0) is 37.6 Å². The summed E-state index contributed by atoms with van der Waals surface area (Å²) < 4.78 is 27.1. The van der Waals surface area contributed by atoms with Gasteiger partial charge in [0.15, 0.2) is 23.0 Å². The first-order chi connectivity index (χ1) is 13.9. The lowest BCUT2D eigenvalue weighted by molar-refractivity contribution is 0.0596. The van der Waals surface area contributed by atoms with Crippen LogP contribution in [-0.2, 0) is 4.74 Å². The van der Waals surface area contributed by atoms with E-state index in [1.807, 2.05) is 38.1 Å². The summed E-state index contributed by atoms with van der Waals surface area (Å²) in [6.45, 7) is 3.88. The van der Waals surface area contributed by atoms with E-state index in [1.54, 1.807) is 27.4 Å². The van der Waals surface area contributed by atoms with Crippen molar-refractivity contribution in [3.05, 3.63) is 36.0 Å². The Labute approximate surface area is 169 Å². The number of aromatic amines is 1. The minimum atomic E-state index is -0.476. The second-order valence-corrected chi connectivity index (χ2v) is 6.65. The summed E-state index contributed by atoms with van der Waals surface area (Å²) in [5, 5.41) is 0.797. The van der Waals surface area contributed by atoms with Crippen molar-refractivity contribution in [3.8, 4) is 34.1 Å². The van der Waals surface area contributed by atoms with Gasteiger partial charge in [0.05, 0.1) is 40.1 Å². The largest absolute Gasteiger partial charge is 0.493 e. The van der Waals surface area contributed by atoms with Crippen molar-refractivity contribution in [2.45, 2.75) is 20.0 Å². The molecule has 0 aliphatic heterocycles. The molecule has 1 heterocycles. The Kier molecular flexibility index (Phi) is 5.87. The van der Waals surface area contributed by atoms with Crippen molar-refractivity contribution >= 4 is 16.9 Å². The van der Waals surface area contributed by atoms with E-state index in [4.69, 9.17) is 23.7 Å². The maximum atomic E-state index is 12.5. The Balaban J connectivity index is 2.30. The number of fused-ring (bicyclic) bond motifs is 1. The van der Waals surface area contributed by atoms with Crippen LogP contribution in [0.5, 0.6) is 23.0 Å². The first-order valence-corrected chi connectivity index (χ1v) is 9.14. The Morgan fingerprint density at radius 3 is 2.10 bits per heavy atom. The van der Waals surface area contributed by atoms with Gasteiger partial charge in [0.25, 0.3) is 0 Å². The third-order valence-corrected chi connectivity index (χ3v) is 4.51. The van der Waals surface area contributed by atoms with E-state index >= 15 is 0 Å². The molecule has 0 saturated carbocycles. The SMILES string of the molecule is COC(=O)c1[nH]c2cc(OC(C)C)c(OC)cc2c1-c1ccc(OC)c(OC)c1. The smallest absolute Gasteiger partial charge is 0.355 e. The van der Waals surface area contributed by atoms with Crippen LogP contribution in [0.3, 0.4) is 0 Å².